The van der Waals surface area contributed by atoms with E-state index in [9.17, 15) is 0 Å². The predicted octanol–water partition coefficient (Wildman–Crippen LogP) is 1.67. The van der Waals surface area contributed by atoms with Crippen LogP contribution in [0.1, 0.15) is 44.9 Å². The lowest BCUT2D eigenvalue weighted by atomic mass is 10.00. The molecule has 3 heteroatoms. The van der Waals surface area contributed by atoms with Crippen LogP contribution in [0.15, 0.2) is 0 Å². The van der Waals surface area contributed by atoms with E-state index in [4.69, 9.17) is 5.73 Å². The summed E-state index contributed by atoms with van der Waals surface area (Å²) in [5, 5.41) is 0. The van der Waals surface area contributed by atoms with Gasteiger partial charge in [0.05, 0.1) is 0 Å². The van der Waals surface area contributed by atoms with E-state index in [-0.39, 0.29) is 0 Å². The lowest BCUT2D eigenvalue weighted by Gasteiger charge is -2.27. The molecule has 0 amide bonds. The third-order valence-corrected chi connectivity index (χ3v) is 5.42. The van der Waals surface area contributed by atoms with Crippen molar-refractivity contribution in [3.63, 3.8) is 0 Å². The minimum atomic E-state index is 0.500. The van der Waals surface area contributed by atoms with Crippen LogP contribution >= 0.6 is 0 Å². The van der Waals surface area contributed by atoms with E-state index in [2.05, 4.69) is 9.80 Å². The fourth-order valence-electron chi connectivity index (χ4n) is 4.26. The van der Waals surface area contributed by atoms with Crippen LogP contribution in [0.4, 0.5) is 0 Å². The zero-order valence-electron chi connectivity index (χ0n) is 11.7. The summed E-state index contributed by atoms with van der Waals surface area (Å²) in [6, 6.07) is 1.37. The molecule has 18 heavy (non-hydrogen) atoms. The second-order valence-electron chi connectivity index (χ2n) is 6.63. The number of fused-ring (bicyclic) bond motifs is 1. The van der Waals surface area contributed by atoms with Gasteiger partial charge >= 0.3 is 0 Å². The first-order valence-corrected chi connectivity index (χ1v) is 8.05. The third kappa shape index (κ3) is 2.89. The van der Waals surface area contributed by atoms with Crippen LogP contribution in [0, 0.1) is 5.92 Å². The monoisotopic (exact) mass is 251 g/mol. The molecule has 2 heterocycles. The Morgan fingerprint density at radius 3 is 2.67 bits per heavy atom. The summed E-state index contributed by atoms with van der Waals surface area (Å²) in [4.78, 5) is 5.45. The maximum Gasteiger partial charge on any atom is 0.0223 e. The number of nitrogens with two attached hydrogens (primary N) is 1. The van der Waals surface area contributed by atoms with Crippen LogP contribution in [-0.2, 0) is 0 Å². The van der Waals surface area contributed by atoms with Gasteiger partial charge in [0.25, 0.3) is 0 Å². The molecule has 3 aliphatic rings. The summed E-state index contributed by atoms with van der Waals surface area (Å²) in [6.45, 7) is 6.62. The fraction of sp³-hybridized carbons (Fsp3) is 1.00. The molecule has 104 valence electrons. The molecule has 0 bridgehead atoms. The third-order valence-electron chi connectivity index (χ3n) is 5.42. The standard InChI is InChI=1S/C15H29N3/c16-15-6-1-4-13(15)7-11-17-8-3-10-18-9-2-5-14(18)12-17/h13-15H,1-12,16H2. The molecule has 0 spiro atoms. The predicted molar refractivity (Wildman–Crippen MR) is 75.6 cm³/mol. The van der Waals surface area contributed by atoms with Crippen molar-refractivity contribution >= 4 is 0 Å². The number of hydrogen-bond donors (Lipinski definition) is 1. The minimum Gasteiger partial charge on any atom is -0.327 e. The molecular weight excluding hydrogens is 222 g/mol. The molecule has 3 rings (SSSR count). The van der Waals surface area contributed by atoms with Crippen molar-refractivity contribution in [3.05, 3.63) is 0 Å². The van der Waals surface area contributed by atoms with Crippen molar-refractivity contribution in [2.75, 3.05) is 32.7 Å². The van der Waals surface area contributed by atoms with E-state index in [0.29, 0.717) is 6.04 Å². The van der Waals surface area contributed by atoms with E-state index in [1.165, 1.54) is 77.7 Å². The van der Waals surface area contributed by atoms with E-state index < -0.39 is 0 Å². The Morgan fingerprint density at radius 1 is 0.944 bits per heavy atom. The lowest BCUT2D eigenvalue weighted by molar-refractivity contribution is 0.209. The summed E-state index contributed by atoms with van der Waals surface area (Å²) < 4.78 is 0. The van der Waals surface area contributed by atoms with E-state index in [1.54, 1.807) is 0 Å². The van der Waals surface area contributed by atoms with Gasteiger partial charge in [0.15, 0.2) is 0 Å². The second-order valence-corrected chi connectivity index (χ2v) is 6.63. The highest BCUT2D eigenvalue weighted by Gasteiger charge is 2.29. The molecule has 0 aromatic rings. The Hall–Kier alpha value is -0.120. The van der Waals surface area contributed by atoms with Gasteiger partial charge in [-0.25, -0.2) is 0 Å². The van der Waals surface area contributed by atoms with Crippen molar-refractivity contribution in [3.8, 4) is 0 Å². The van der Waals surface area contributed by atoms with Gasteiger partial charge in [-0.1, -0.05) is 6.42 Å². The molecule has 1 saturated carbocycles. The number of nitrogens with zero attached hydrogens (tertiary/aromatic N) is 2. The largest absolute Gasteiger partial charge is 0.327 e. The Bertz CT molecular complexity index is 268. The number of hydrogen-bond acceptors (Lipinski definition) is 3. The molecule has 3 atom stereocenters. The zero-order valence-corrected chi connectivity index (χ0v) is 11.7. The first kappa shape index (κ1) is 12.9. The molecule has 0 aromatic heterocycles. The average molecular weight is 251 g/mol. The second kappa shape index (κ2) is 5.89. The van der Waals surface area contributed by atoms with Gasteiger partial charge in [-0.05, 0) is 70.6 Å². The highest BCUT2D eigenvalue weighted by Crippen LogP contribution is 2.28. The van der Waals surface area contributed by atoms with Crippen molar-refractivity contribution in [1.82, 2.24) is 9.80 Å². The van der Waals surface area contributed by atoms with Crippen LogP contribution in [0.5, 0.6) is 0 Å². The summed E-state index contributed by atoms with van der Waals surface area (Å²) in [5.41, 5.74) is 6.18. The molecule has 0 radical (unpaired) electrons. The first-order chi connectivity index (χ1) is 8.83. The van der Waals surface area contributed by atoms with E-state index in [1.807, 2.05) is 0 Å². The van der Waals surface area contributed by atoms with Crippen LogP contribution < -0.4 is 5.73 Å². The van der Waals surface area contributed by atoms with Crippen molar-refractivity contribution in [2.24, 2.45) is 11.7 Å². The van der Waals surface area contributed by atoms with Gasteiger partial charge in [0.2, 0.25) is 0 Å². The van der Waals surface area contributed by atoms with Crippen LogP contribution in [0.2, 0.25) is 0 Å². The van der Waals surface area contributed by atoms with Crippen LogP contribution in [0.25, 0.3) is 0 Å². The molecular formula is C15H29N3. The molecule has 3 unspecified atom stereocenters. The molecule has 2 N–H and O–H groups in total. The highest BCUT2D eigenvalue weighted by molar-refractivity contribution is 4.86. The maximum absolute atomic E-state index is 6.18. The summed E-state index contributed by atoms with van der Waals surface area (Å²) in [5.74, 6) is 0.813. The summed E-state index contributed by atoms with van der Waals surface area (Å²) in [6.07, 6.45) is 9.57. The topological polar surface area (TPSA) is 32.5 Å². The van der Waals surface area contributed by atoms with Gasteiger partial charge in [-0.2, -0.15) is 0 Å². The molecule has 2 saturated heterocycles. The Kier molecular flexibility index (Phi) is 4.22. The average Bonchev–Trinajstić information content (AvgIpc) is 2.92. The van der Waals surface area contributed by atoms with Crippen LogP contribution in [-0.4, -0.2) is 54.6 Å². The molecule has 0 aromatic carbocycles. The van der Waals surface area contributed by atoms with E-state index in [0.717, 1.165) is 12.0 Å². The minimum absolute atomic E-state index is 0.500. The molecule has 2 aliphatic heterocycles. The van der Waals surface area contributed by atoms with Crippen molar-refractivity contribution < 1.29 is 0 Å². The van der Waals surface area contributed by atoms with Gasteiger partial charge in [-0.3, -0.25) is 4.90 Å². The van der Waals surface area contributed by atoms with Crippen molar-refractivity contribution in [2.45, 2.75) is 57.0 Å². The summed E-state index contributed by atoms with van der Waals surface area (Å²) in [7, 11) is 0. The normalized spacial score (nSPS) is 38.8. The number of rotatable bonds is 3. The Morgan fingerprint density at radius 2 is 1.83 bits per heavy atom. The van der Waals surface area contributed by atoms with Gasteiger partial charge < -0.3 is 10.6 Å². The SMILES string of the molecule is NC1CCCC1CCN1CCCN2CCCC2C1. The quantitative estimate of drug-likeness (QED) is 0.828. The summed E-state index contributed by atoms with van der Waals surface area (Å²) >= 11 is 0. The highest BCUT2D eigenvalue weighted by atomic mass is 15.3. The molecule has 3 fully saturated rings. The molecule has 1 aliphatic carbocycles. The first-order valence-electron chi connectivity index (χ1n) is 8.05. The maximum atomic E-state index is 6.18. The van der Waals surface area contributed by atoms with Crippen molar-refractivity contribution in [1.29, 1.82) is 0 Å². The zero-order chi connectivity index (χ0) is 12.4. The van der Waals surface area contributed by atoms with Crippen LogP contribution in [0.3, 0.4) is 0 Å². The van der Waals surface area contributed by atoms with Gasteiger partial charge in [-0.15, -0.1) is 0 Å². The lowest BCUT2D eigenvalue weighted by Crippen LogP contribution is -2.38. The Labute approximate surface area is 112 Å². The van der Waals surface area contributed by atoms with Gasteiger partial charge in [0.1, 0.15) is 0 Å². The smallest absolute Gasteiger partial charge is 0.0223 e. The fourth-order valence-corrected chi connectivity index (χ4v) is 4.26. The Balaban J connectivity index is 1.47. The van der Waals surface area contributed by atoms with Gasteiger partial charge in [0, 0.05) is 18.6 Å². The van der Waals surface area contributed by atoms with E-state index >= 15 is 0 Å². The molecule has 3 nitrogen and oxygen atoms in total.